The number of fused-ring (bicyclic) bond motifs is 1. The van der Waals surface area contributed by atoms with E-state index in [0.717, 1.165) is 16.7 Å². The van der Waals surface area contributed by atoms with Crippen LogP contribution in [0.3, 0.4) is 0 Å². The maximum Gasteiger partial charge on any atom is 0.216 e. The second-order valence-electron chi connectivity index (χ2n) is 4.02. The fourth-order valence-corrected chi connectivity index (χ4v) is 1.85. The molecule has 18 heavy (non-hydrogen) atoms. The maximum atomic E-state index is 5.73. The Hall–Kier alpha value is -2.36. The van der Waals surface area contributed by atoms with Gasteiger partial charge in [-0.25, -0.2) is 4.98 Å². The van der Waals surface area contributed by atoms with Gasteiger partial charge in [-0.05, 0) is 19.1 Å². The molecule has 2 aromatic heterocycles. The van der Waals surface area contributed by atoms with Crippen LogP contribution < -0.4 is 4.74 Å². The number of aromatic nitrogens is 2. The van der Waals surface area contributed by atoms with Crippen molar-refractivity contribution in [1.82, 2.24) is 9.97 Å². The quantitative estimate of drug-likeness (QED) is 0.690. The van der Waals surface area contributed by atoms with E-state index in [-0.39, 0.29) is 0 Å². The molecule has 2 heterocycles. The summed E-state index contributed by atoms with van der Waals surface area (Å²) in [5.74, 6) is 1.74. The predicted molar refractivity (Wildman–Crippen MR) is 68.5 cm³/mol. The Balaban J connectivity index is 2.16. The summed E-state index contributed by atoms with van der Waals surface area (Å²) in [5.41, 5.74) is 1.67. The van der Waals surface area contributed by atoms with Gasteiger partial charge < -0.3 is 9.15 Å². The lowest BCUT2D eigenvalue weighted by molar-refractivity contribution is 0.396. The lowest BCUT2D eigenvalue weighted by atomic mass is 10.2. The minimum Gasteiger partial charge on any atom is -0.481 e. The highest BCUT2D eigenvalue weighted by Crippen LogP contribution is 2.26. The third-order valence-electron chi connectivity index (χ3n) is 2.69. The van der Waals surface area contributed by atoms with Crippen LogP contribution >= 0.6 is 0 Å². The van der Waals surface area contributed by atoms with Crippen LogP contribution in [0.25, 0.3) is 22.6 Å². The van der Waals surface area contributed by atoms with Gasteiger partial charge >= 0.3 is 0 Å². The summed E-state index contributed by atoms with van der Waals surface area (Å²) in [4.78, 5) is 8.65. The molecule has 4 heteroatoms. The zero-order valence-electron chi connectivity index (χ0n) is 10.2. The topological polar surface area (TPSA) is 48.2 Å². The molecule has 0 saturated heterocycles. The maximum absolute atomic E-state index is 5.73. The first-order chi connectivity index (χ1) is 8.76. The minimum atomic E-state index is 0.540. The molecule has 3 aromatic rings. The minimum absolute atomic E-state index is 0.540. The van der Waals surface area contributed by atoms with Crippen molar-refractivity contribution in [2.45, 2.75) is 6.92 Å². The molecule has 0 spiro atoms. The molecule has 0 radical (unpaired) electrons. The first-order valence-electron chi connectivity index (χ1n) is 5.65. The smallest absolute Gasteiger partial charge is 0.216 e. The molecule has 0 atom stereocenters. The molecule has 0 saturated carbocycles. The van der Waals surface area contributed by atoms with Gasteiger partial charge in [-0.2, -0.15) is 4.98 Å². The number of hydrogen-bond donors (Lipinski definition) is 0. The van der Waals surface area contributed by atoms with Crippen LogP contribution in [0.5, 0.6) is 5.88 Å². The van der Waals surface area contributed by atoms with Crippen molar-refractivity contribution in [2.75, 3.05) is 7.11 Å². The Kier molecular flexibility index (Phi) is 2.48. The van der Waals surface area contributed by atoms with Gasteiger partial charge in [0.25, 0.3) is 0 Å². The fraction of sp³-hybridized carbons (Fsp3) is 0.143. The number of furan rings is 1. The lowest BCUT2D eigenvalue weighted by Crippen LogP contribution is -1.94. The van der Waals surface area contributed by atoms with Crippen LogP contribution in [0.2, 0.25) is 0 Å². The number of para-hydroxylation sites is 1. The number of hydrogen-bond acceptors (Lipinski definition) is 4. The molecule has 3 rings (SSSR count). The standard InChI is InChI=1S/C14H12N2O2/c1-9-7-13(17-2)16-14(15-9)12-8-10-5-3-4-6-11(10)18-12/h3-8H,1-2H3. The van der Waals surface area contributed by atoms with E-state index in [1.54, 1.807) is 13.2 Å². The summed E-state index contributed by atoms with van der Waals surface area (Å²) in [6, 6.07) is 11.5. The monoisotopic (exact) mass is 240 g/mol. The van der Waals surface area contributed by atoms with Gasteiger partial charge in [-0.15, -0.1) is 0 Å². The molecular weight excluding hydrogens is 228 g/mol. The number of nitrogens with zero attached hydrogens (tertiary/aromatic N) is 2. The molecule has 0 aliphatic heterocycles. The van der Waals surface area contributed by atoms with Gasteiger partial charge in [0.2, 0.25) is 5.88 Å². The average molecular weight is 240 g/mol. The average Bonchev–Trinajstić information content (AvgIpc) is 2.81. The molecule has 0 aliphatic carbocycles. The molecular formula is C14H12N2O2. The fourth-order valence-electron chi connectivity index (χ4n) is 1.85. The summed E-state index contributed by atoms with van der Waals surface area (Å²) in [6.45, 7) is 1.90. The SMILES string of the molecule is COc1cc(C)nc(-c2cc3ccccc3o2)n1. The van der Waals surface area contributed by atoms with Crippen LogP contribution in [0, 0.1) is 6.92 Å². The first kappa shape index (κ1) is 10.8. The second kappa shape index (κ2) is 4.14. The van der Waals surface area contributed by atoms with E-state index >= 15 is 0 Å². The molecule has 1 aromatic carbocycles. The molecule has 0 unspecified atom stereocenters. The van der Waals surface area contributed by atoms with E-state index in [1.807, 2.05) is 37.3 Å². The third-order valence-corrected chi connectivity index (χ3v) is 2.69. The van der Waals surface area contributed by atoms with E-state index in [1.165, 1.54) is 0 Å². The second-order valence-corrected chi connectivity index (χ2v) is 4.02. The van der Waals surface area contributed by atoms with Gasteiger partial charge in [0, 0.05) is 17.1 Å². The van der Waals surface area contributed by atoms with E-state index in [4.69, 9.17) is 9.15 Å². The van der Waals surface area contributed by atoms with Crippen molar-refractivity contribution in [3.63, 3.8) is 0 Å². The van der Waals surface area contributed by atoms with E-state index in [0.29, 0.717) is 17.5 Å². The van der Waals surface area contributed by atoms with Crippen molar-refractivity contribution in [2.24, 2.45) is 0 Å². The Morgan fingerprint density at radius 1 is 1.11 bits per heavy atom. The van der Waals surface area contributed by atoms with Crippen molar-refractivity contribution >= 4 is 11.0 Å². The summed E-state index contributed by atoms with van der Waals surface area (Å²) < 4.78 is 10.9. The van der Waals surface area contributed by atoms with Crippen molar-refractivity contribution in [3.8, 4) is 17.5 Å². The summed E-state index contributed by atoms with van der Waals surface area (Å²) >= 11 is 0. The first-order valence-corrected chi connectivity index (χ1v) is 5.65. The normalized spacial score (nSPS) is 10.8. The van der Waals surface area contributed by atoms with Crippen molar-refractivity contribution in [1.29, 1.82) is 0 Å². The van der Waals surface area contributed by atoms with Crippen molar-refractivity contribution in [3.05, 3.63) is 42.1 Å². The number of methoxy groups -OCH3 is 1. The zero-order valence-corrected chi connectivity index (χ0v) is 10.2. The van der Waals surface area contributed by atoms with Gasteiger partial charge in [0.05, 0.1) is 7.11 Å². The van der Waals surface area contributed by atoms with Crippen LogP contribution in [-0.4, -0.2) is 17.1 Å². The number of aryl methyl sites for hydroxylation is 1. The van der Waals surface area contributed by atoms with Gasteiger partial charge in [-0.1, -0.05) is 18.2 Å². The van der Waals surface area contributed by atoms with Crippen LogP contribution in [-0.2, 0) is 0 Å². The van der Waals surface area contributed by atoms with Gasteiger partial charge in [-0.3, -0.25) is 0 Å². The molecule has 90 valence electrons. The Bertz CT molecular complexity index is 671. The molecule has 0 aliphatic rings. The highest BCUT2D eigenvalue weighted by Gasteiger charge is 2.10. The molecule has 0 N–H and O–H groups in total. The lowest BCUT2D eigenvalue weighted by Gasteiger charge is -2.02. The molecule has 0 bridgehead atoms. The summed E-state index contributed by atoms with van der Waals surface area (Å²) in [5, 5.41) is 1.04. The van der Waals surface area contributed by atoms with Crippen molar-refractivity contribution < 1.29 is 9.15 Å². The molecule has 4 nitrogen and oxygen atoms in total. The third kappa shape index (κ3) is 1.82. The Labute approximate surface area is 104 Å². The molecule has 0 amide bonds. The molecule has 0 fully saturated rings. The van der Waals surface area contributed by atoms with E-state index in [9.17, 15) is 0 Å². The largest absolute Gasteiger partial charge is 0.481 e. The predicted octanol–water partition coefficient (Wildman–Crippen LogP) is 3.21. The van der Waals surface area contributed by atoms with E-state index in [2.05, 4.69) is 9.97 Å². The summed E-state index contributed by atoms with van der Waals surface area (Å²) in [7, 11) is 1.59. The van der Waals surface area contributed by atoms with Gasteiger partial charge in [0.15, 0.2) is 11.6 Å². The van der Waals surface area contributed by atoms with Crippen LogP contribution in [0.4, 0.5) is 0 Å². The zero-order chi connectivity index (χ0) is 12.5. The Morgan fingerprint density at radius 2 is 1.94 bits per heavy atom. The van der Waals surface area contributed by atoms with E-state index < -0.39 is 0 Å². The summed E-state index contributed by atoms with van der Waals surface area (Å²) in [6.07, 6.45) is 0. The van der Waals surface area contributed by atoms with Gasteiger partial charge in [0.1, 0.15) is 5.58 Å². The Morgan fingerprint density at radius 3 is 2.72 bits per heavy atom. The number of ether oxygens (including phenoxy) is 1. The number of benzene rings is 1. The van der Waals surface area contributed by atoms with Crippen LogP contribution in [0.15, 0.2) is 40.8 Å². The highest BCUT2D eigenvalue weighted by atomic mass is 16.5. The van der Waals surface area contributed by atoms with Crippen LogP contribution in [0.1, 0.15) is 5.69 Å². The highest BCUT2D eigenvalue weighted by molar-refractivity contribution is 5.81. The number of rotatable bonds is 2.